The number of aryl methyl sites for hydroxylation is 1. The van der Waals surface area contributed by atoms with E-state index < -0.39 is 26.9 Å². The minimum Gasteiger partial charge on any atom is -0.368 e. The lowest BCUT2D eigenvalue weighted by Crippen LogP contribution is -2.55. The van der Waals surface area contributed by atoms with Crippen molar-refractivity contribution in [1.29, 1.82) is 0 Å². The molecule has 33 heavy (non-hydrogen) atoms. The summed E-state index contributed by atoms with van der Waals surface area (Å²) >= 11 is 0. The summed E-state index contributed by atoms with van der Waals surface area (Å²) in [5, 5.41) is 10.8. The third-order valence-electron chi connectivity index (χ3n) is 6.04. The van der Waals surface area contributed by atoms with Crippen LogP contribution in [0.1, 0.15) is 18.4 Å². The molecule has 1 atom stereocenters. The third-order valence-corrected chi connectivity index (χ3v) is 7.88. The lowest BCUT2D eigenvalue weighted by atomic mass is 10.1. The number of benzene rings is 2. The second kappa shape index (κ2) is 8.81. The van der Waals surface area contributed by atoms with E-state index in [1.807, 2.05) is 11.8 Å². The third kappa shape index (κ3) is 4.40. The number of carbonyl (C=O) groups is 2. The molecule has 4 rings (SSSR count). The van der Waals surface area contributed by atoms with Crippen molar-refractivity contribution >= 4 is 33.2 Å². The minimum atomic E-state index is -4.13. The smallest absolute Gasteiger partial charge is 0.269 e. The Kier molecular flexibility index (Phi) is 6.07. The number of piperazine rings is 1. The molecular weight excluding hydrogens is 448 g/mol. The molecule has 0 bridgehead atoms. The average Bonchev–Trinajstić information content (AvgIpc) is 3.21. The highest BCUT2D eigenvalue weighted by atomic mass is 32.2. The van der Waals surface area contributed by atoms with Gasteiger partial charge in [0.25, 0.3) is 15.7 Å². The van der Waals surface area contributed by atoms with Crippen molar-refractivity contribution in [3.8, 4) is 0 Å². The zero-order valence-electron chi connectivity index (χ0n) is 18.1. The van der Waals surface area contributed by atoms with E-state index in [-0.39, 0.29) is 29.3 Å². The van der Waals surface area contributed by atoms with Gasteiger partial charge in [0.15, 0.2) is 0 Å². The summed E-state index contributed by atoms with van der Waals surface area (Å²) in [7, 11) is -4.13. The molecule has 2 aliphatic rings. The summed E-state index contributed by atoms with van der Waals surface area (Å²) in [4.78, 5) is 39.7. The minimum absolute atomic E-state index is 0.00422. The molecule has 1 unspecified atom stereocenters. The molecule has 0 N–H and O–H groups in total. The molecule has 2 amide bonds. The summed E-state index contributed by atoms with van der Waals surface area (Å²) in [5.74, 6) is -0.946. The molecule has 2 aliphatic heterocycles. The number of nitro groups is 1. The predicted octanol–water partition coefficient (Wildman–Crippen LogP) is 1.93. The van der Waals surface area contributed by atoms with Gasteiger partial charge in [0.2, 0.25) is 11.8 Å². The maximum absolute atomic E-state index is 13.2. The number of hydrogen-bond donors (Lipinski definition) is 0. The molecule has 11 heteroatoms. The summed E-state index contributed by atoms with van der Waals surface area (Å²) < 4.78 is 27.0. The molecule has 2 heterocycles. The van der Waals surface area contributed by atoms with Crippen LogP contribution in [0.3, 0.4) is 0 Å². The number of hydrogen-bond acceptors (Lipinski definition) is 7. The molecule has 0 saturated carbocycles. The zero-order valence-corrected chi connectivity index (χ0v) is 18.9. The topological polar surface area (TPSA) is 121 Å². The van der Waals surface area contributed by atoms with Crippen LogP contribution >= 0.6 is 0 Å². The summed E-state index contributed by atoms with van der Waals surface area (Å²) in [5.41, 5.74) is 1.71. The van der Waals surface area contributed by atoms with Crippen molar-refractivity contribution in [2.45, 2.75) is 30.7 Å². The van der Waals surface area contributed by atoms with Crippen LogP contribution in [0, 0.1) is 17.0 Å². The molecule has 174 valence electrons. The number of nitrogens with zero attached hydrogens (tertiary/aromatic N) is 4. The van der Waals surface area contributed by atoms with Gasteiger partial charge in [-0.1, -0.05) is 17.7 Å². The van der Waals surface area contributed by atoms with Crippen LogP contribution in [-0.2, 0) is 19.6 Å². The Hall–Kier alpha value is -3.47. The number of rotatable bonds is 5. The predicted molar refractivity (Wildman–Crippen MR) is 120 cm³/mol. The zero-order chi connectivity index (χ0) is 23.8. The Morgan fingerprint density at radius 1 is 1.00 bits per heavy atom. The van der Waals surface area contributed by atoms with Gasteiger partial charge in [-0.2, -0.15) is 0 Å². The molecule has 2 saturated heterocycles. The summed E-state index contributed by atoms with van der Waals surface area (Å²) in [6, 6.07) is 11.4. The maximum Gasteiger partial charge on any atom is 0.269 e. The van der Waals surface area contributed by atoms with E-state index in [2.05, 4.69) is 0 Å². The van der Waals surface area contributed by atoms with Gasteiger partial charge in [-0.05, 0) is 37.6 Å². The Labute approximate surface area is 191 Å². The Morgan fingerprint density at radius 2 is 1.61 bits per heavy atom. The van der Waals surface area contributed by atoms with Gasteiger partial charge in [-0.15, -0.1) is 0 Å². The monoisotopic (exact) mass is 472 g/mol. The van der Waals surface area contributed by atoms with Crippen LogP contribution in [0.25, 0.3) is 0 Å². The molecule has 2 fully saturated rings. The number of anilines is 1. The van der Waals surface area contributed by atoms with Gasteiger partial charge in [-0.25, -0.2) is 12.7 Å². The highest BCUT2D eigenvalue weighted by molar-refractivity contribution is 7.89. The van der Waals surface area contributed by atoms with E-state index in [0.717, 1.165) is 15.6 Å². The van der Waals surface area contributed by atoms with E-state index in [1.54, 1.807) is 29.2 Å². The highest BCUT2D eigenvalue weighted by Gasteiger charge is 2.45. The maximum atomic E-state index is 13.2. The van der Waals surface area contributed by atoms with E-state index in [0.29, 0.717) is 26.2 Å². The van der Waals surface area contributed by atoms with Crippen LogP contribution in [0.15, 0.2) is 53.4 Å². The number of sulfonamides is 1. The van der Waals surface area contributed by atoms with Gasteiger partial charge in [-0.3, -0.25) is 19.7 Å². The lowest BCUT2D eigenvalue weighted by molar-refractivity contribution is -0.384. The number of non-ortho nitro benzene ring substituents is 1. The van der Waals surface area contributed by atoms with Gasteiger partial charge in [0.05, 0.1) is 9.82 Å². The number of amides is 2. The number of carbonyl (C=O) groups excluding carboxylic acids is 2. The van der Waals surface area contributed by atoms with Crippen molar-refractivity contribution in [2.75, 3.05) is 31.1 Å². The molecule has 2 aromatic rings. The molecule has 10 nitrogen and oxygen atoms in total. The Balaban J connectivity index is 1.46. The molecule has 0 aliphatic carbocycles. The van der Waals surface area contributed by atoms with E-state index >= 15 is 0 Å². The van der Waals surface area contributed by atoms with Crippen molar-refractivity contribution < 1.29 is 22.9 Å². The van der Waals surface area contributed by atoms with E-state index in [9.17, 15) is 28.1 Å². The second-order valence-corrected chi connectivity index (χ2v) is 9.96. The van der Waals surface area contributed by atoms with Gasteiger partial charge >= 0.3 is 0 Å². The fraction of sp³-hybridized carbons (Fsp3) is 0.364. The average molecular weight is 473 g/mol. The van der Waals surface area contributed by atoms with Crippen LogP contribution in [0.2, 0.25) is 0 Å². The van der Waals surface area contributed by atoms with Gasteiger partial charge in [0.1, 0.15) is 6.04 Å². The second-order valence-electron chi connectivity index (χ2n) is 8.15. The van der Waals surface area contributed by atoms with E-state index in [1.165, 1.54) is 24.3 Å². The van der Waals surface area contributed by atoms with Crippen LogP contribution in [-0.4, -0.2) is 66.6 Å². The largest absolute Gasteiger partial charge is 0.368 e. The first-order chi connectivity index (χ1) is 15.7. The molecule has 0 radical (unpaired) electrons. The Morgan fingerprint density at radius 3 is 2.18 bits per heavy atom. The normalized spacial score (nSPS) is 19.1. The highest BCUT2D eigenvalue weighted by Crippen LogP contribution is 2.29. The van der Waals surface area contributed by atoms with Crippen LogP contribution < -0.4 is 4.90 Å². The first-order valence-corrected chi connectivity index (χ1v) is 12.0. The van der Waals surface area contributed by atoms with Crippen molar-refractivity contribution in [3.63, 3.8) is 0 Å². The fourth-order valence-electron chi connectivity index (χ4n) is 4.19. The van der Waals surface area contributed by atoms with E-state index in [4.69, 9.17) is 0 Å². The number of nitro benzene ring substituents is 1. The van der Waals surface area contributed by atoms with Crippen molar-refractivity contribution in [2.24, 2.45) is 0 Å². The van der Waals surface area contributed by atoms with Crippen molar-refractivity contribution in [3.05, 3.63) is 64.2 Å². The molecular formula is C22H24N4O6S. The van der Waals surface area contributed by atoms with Crippen LogP contribution in [0.4, 0.5) is 11.4 Å². The van der Waals surface area contributed by atoms with Crippen molar-refractivity contribution in [1.82, 2.24) is 9.21 Å². The fourth-order valence-corrected chi connectivity index (χ4v) is 5.79. The van der Waals surface area contributed by atoms with Gasteiger partial charge in [0, 0.05) is 50.4 Å². The lowest BCUT2D eigenvalue weighted by Gasteiger charge is -2.38. The van der Waals surface area contributed by atoms with Crippen LogP contribution in [0.5, 0.6) is 0 Å². The first-order valence-electron chi connectivity index (χ1n) is 10.6. The SMILES string of the molecule is Cc1ccc(S(=O)(=O)N2C(=O)CCC2C(=O)N2CCN(c3ccc([N+](=O)[O-])cc3)CC2)cc1. The molecule has 0 aromatic heterocycles. The summed E-state index contributed by atoms with van der Waals surface area (Å²) in [6.07, 6.45) is 0.162. The van der Waals surface area contributed by atoms with Gasteiger partial charge < -0.3 is 9.80 Å². The Bertz CT molecular complexity index is 1170. The summed E-state index contributed by atoms with van der Waals surface area (Å²) in [6.45, 7) is 3.54. The first kappa shape index (κ1) is 22.7. The molecule has 2 aromatic carbocycles. The standard InChI is InChI=1S/C22H24N4O6S/c1-16-2-8-19(9-3-16)33(31,32)25-20(10-11-21(25)27)22(28)24-14-12-23(13-15-24)17-4-6-18(7-5-17)26(29)30/h2-9,20H,10-15H2,1H3. The quantitative estimate of drug-likeness (QED) is 0.481. The molecule has 0 spiro atoms.